The van der Waals surface area contributed by atoms with Crippen LogP contribution in [0, 0.1) is 17.8 Å². The molecule has 0 spiro atoms. The van der Waals surface area contributed by atoms with Gasteiger partial charge in [-0.05, 0) is 43.9 Å². The number of hydrogen-bond donors (Lipinski definition) is 1. The SMILES string of the molecule is O=C(O)CN(C(=O)[C@@H]1C[C@@H]1C1CC1)C1CCOCC1. The van der Waals surface area contributed by atoms with E-state index in [1.54, 1.807) is 4.90 Å². The zero-order valence-corrected chi connectivity index (χ0v) is 11.1. The number of carbonyl (C=O) groups is 2. The van der Waals surface area contributed by atoms with Crippen LogP contribution in [0.3, 0.4) is 0 Å². The maximum absolute atomic E-state index is 12.5. The van der Waals surface area contributed by atoms with Gasteiger partial charge in [-0.2, -0.15) is 0 Å². The lowest BCUT2D eigenvalue weighted by atomic mass is 10.1. The summed E-state index contributed by atoms with van der Waals surface area (Å²) in [7, 11) is 0. The van der Waals surface area contributed by atoms with Gasteiger partial charge in [0.1, 0.15) is 6.54 Å². The minimum Gasteiger partial charge on any atom is -0.480 e. The van der Waals surface area contributed by atoms with Crippen molar-refractivity contribution in [3.8, 4) is 0 Å². The number of ether oxygens (including phenoxy) is 1. The van der Waals surface area contributed by atoms with Crippen LogP contribution in [-0.2, 0) is 14.3 Å². The molecule has 1 heterocycles. The van der Waals surface area contributed by atoms with Crippen molar-refractivity contribution >= 4 is 11.9 Å². The predicted molar refractivity (Wildman–Crippen MR) is 67.5 cm³/mol. The Bertz CT molecular complexity index is 374. The minimum atomic E-state index is -0.913. The lowest BCUT2D eigenvalue weighted by Gasteiger charge is -2.33. The molecular weight excluding hydrogens is 246 g/mol. The second-order valence-corrected chi connectivity index (χ2v) is 6.05. The van der Waals surface area contributed by atoms with Gasteiger partial charge in [-0.1, -0.05) is 0 Å². The number of nitrogens with zero attached hydrogens (tertiary/aromatic N) is 1. The molecule has 1 aliphatic heterocycles. The number of amides is 1. The molecule has 0 aromatic heterocycles. The highest BCUT2D eigenvalue weighted by Crippen LogP contribution is 2.55. The van der Waals surface area contributed by atoms with Crippen LogP contribution in [0.1, 0.15) is 32.1 Å². The standard InChI is InChI=1S/C14H21NO4/c16-13(17)8-15(10-3-5-19-6-4-10)14(18)12-7-11(12)9-1-2-9/h9-12H,1-8H2,(H,16,17)/t11-,12-/m1/s1. The van der Waals surface area contributed by atoms with E-state index in [1.165, 1.54) is 12.8 Å². The van der Waals surface area contributed by atoms with E-state index in [9.17, 15) is 9.59 Å². The normalized spacial score (nSPS) is 30.9. The Balaban J connectivity index is 1.63. The Morgan fingerprint density at radius 3 is 2.42 bits per heavy atom. The number of hydrogen-bond acceptors (Lipinski definition) is 3. The van der Waals surface area contributed by atoms with Crippen molar-refractivity contribution in [1.29, 1.82) is 0 Å². The number of carboxylic acids is 1. The zero-order chi connectivity index (χ0) is 13.4. The molecule has 2 atom stereocenters. The van der Waals surface area contributed by atoms with Crippen molar-refractivity contribution < 1.29 is 19.4 Å². The smallest absolute Gasteiger partial charge is 0.323 e. The third kappa shape index (κ3) is 2.91. The summed E-state index contributed by atoms with van der Waals surface area (Å²) >= 11 is 0. The quantitative estimate of drug-likeness (QED) is 0.810. The molecule has 5 heteroatoms. The zero-order valence-electron chi connectivity index (χ0n) is 11.1. The molecule has 0 aromatic rings. The predicted octanol–water partition coefficient (Wildman–Crippen LogP) is 1.12. The second kappa shape index (κ2) is 5.12. The van der Waals surface area contributed by atoms with E-state index in [4.69, 9.17) is 9.84 Å². The topological polar surface area (TPSA) is 66.8 Å². The molecule has 0 radical (unpaired) electrons. The molecule has 1 amide bonds. The minimum absolute atomic E-state index is 0.0535. The molecule has 1 saturated heterocycles. The van der Waals surface area contributed by atoms with Crippen molar-refractivity contribution in [2.75, 3.05) is 19.8 Å². The average molecular weight is 267 g/mol. The van der Waals surface area contributed by atoms with Gasteiger partial charge < -0.3 is 14.7 Å². The van der Waals surface area contributed by atoms with Crippen molar-refractivity contribution in [1.82, 2.24) is 4.90 Å². The Morgan fingerprint density at radius 2 is 1.84 bits per heavy atom. The maximum Gasteiger partial charge on any atom is 0.323 e. The Morgan fingerprint density at radius 1 is 1.16 bits per heavy atom. The Kier molecular flexibility index (Phi) is 3.48. The second-order valence-electron chi connectivity index (χ2n) is 6.05. The van der Waals surface area contributed by atoms with Crippen molar-refractivity contribution in [3.05, 3.63) is 0 Å². The van der Waals surface area contributed by atoms with E-state index >= 15 is 0 Å². The summed E-state index contributed by atoms with van der Waals surface area (Å²) in [5.41, 5.74) is 0. The van der Waals surface area contributed by atoms with E-state index < -0.39 is 5.97 Å². The number of rotatable bonds is 5. The van der Waals surface area contributed by atoms with Gasteiger partial charge in [0.25, 0.3) is 0 Å². The third-order valence-corrected chi connectivity index (χ3v) is 4.60. The molecule has 0 bridgehead atoms. The molecule has 3 aliphatic rings. The van der Waals surface area contributed by atoms with Crippen LogP contribution in [0.2, 0.25) is 0 Å². The van der Waals surface area contributed by atoms with Crippen LogP contribution in [0.25, 0.3) is 0 Å². The lowest BCUT2D eigenvalue weighted by Crippen LogP contribution is -2.47. The fourth-order valence-corrected chi connectivity index (χ4v) is 3.29. The van der Waals surface area contributed by atoms with E-state index in [0.717, 1.165) is 25.2 Å². The molecule has 0 unspecified atom stereocenters. The highest BCUT2D eigenvalue weighted by atomic mass is 16.5. The van der Waals surface area contributed by atoms with E-state index in [0.29, 0.717) is 19.1 Å². The molecule has 0 aromatic carbocycles. The molecule has 19 heavy (non-hydrogen) atoms. The summed E-state index contributed by atoms with van der Waals surface area (Å²) in [6.07, 6.45) is 5.01. The molecule has 106 valence electrons. The van der Waals surface area contributed by atoms with Gasteiger partial charge in [0.15, 0.2) is 0 Å². The molecule has 5 nitrogen and oxygen atoms in total. The summed E-state index contributed by atoms with van der Waals surface area (Å²) in [5.74, 6) is 0.559. The van der Waals surface area contributed by atoms with E-state index in [-0.39, 0.29) is 24.4 Å². The highest BCUT2D eigenvalue weighted by Gasteiger charge is 2.52. The van der Waals surface area contributed by atoms with Crippen molar-refractivity contribution in [3.63, 3.8) is 0 Å². The van der Waals surface area contributed by atoms with Crippen LogP contribution in [0.4, 0.5) is 0 Å². The van der Waals surface area contributed by atoms with Crippen molar-refractivity contribution in [2.45, 2.75) is 38.1 Å². The molecular formula is C14H21NO4. The highest BCUT2D eigenvalue weighted by molar-refractivity contribution is 5.85. The van der Waals surface area contributed by atoms with Crippen LogP contribution in [-0.4, -0.2) is 47.7 Å². The van der Waals surface area contributed by atoms with Gasteiger partial charge >= 0.3 is 5.97 Å². The van der Waals surface area contributed by atoms with Crippen LogP contribution < -0.4 is 0 Å². The number of carbonyl (C=O) groups excluding carboxylic acids is 1. The maximum atomic E-state index is 12.5. The Hall–Kier alpha value is -1.10. The van der Waals surface area contributed by atoms with Gasteiger partial charge in [-0.15, -0.1) is 0 Å². The first-order chi connectivity index (χ1) is 9.16. The van der Waals surface area contributed by atoms with Crippen LogP contribution in [0.15, 0.2) is 0 Å². The lowest BCUT2D eigenvalue weighted by molar-refractivity contribution is -0.148. The van der Waals surface area contributed by atoms with Crippen LogP contribution in [0.5, 0.6) is 0 Å². The van der Waals surface area contributed by atoms with Gasteiger partial charge in [-0.25, -0.2) is 0 Å². The summed E-state index contributed by atoms with van der Waals surface area (Å²) < 4.78 is 5.29. The molecule has 2 saturated carbocycles. The molecule has 1 N–H and O–H groups in total. The first-order valence-corrected chi connectivity index (χ1v) is 7.27. The van der Waals surface area contributed by atoms with Gasteiger partial charge in [0.05, 0.1) is 0 Å². The summed E-state index contributed by atoms with van der Waals surface area (Å²) in [5, 5.41) is 9.03. The van der Waals surface area contributed by atoms with Crippen molar-refractivity contribution in [2.24, 2.45) is 17.8 Å². The number of aliphatic carboxylic acids is 1. The fraction of sp³-hybridized carbons (Fsp3) is 0.857. The average Bonchev–Trinajstić information content (AvgIpc) is 3.27. The molecule has 3 fully saturated rings. The van der Waals surface area contributed by atoms with E-state index in [1.807, 2.05) is 0 Å². The van der Waals surface area contributed by atoms with E-state index in [2.05, 4.69) is 0 Å². The third-order valence-electron chi connectivity index (χ3n) is 4.60. The number of carboxylic acid groups (broad SMARTS) is 1. The first kappa shape index (κ1) is 12.9. The Labute approximate surface area is 112 Å². The first-order valence-electron chi connectivity index (χ1n) is 7.27. The summed E-state index contributed by atoms with van der Waals surface area (Å²) in [6.45, 7) is 1.10. The summed E-state index contributed by atoms with van der Waals surface area (Å²) in [6, 6.07) is 0.0535. The summed E-state index contributed by atoms with van der Waals surface area (Å²) in [4.78, 5) is 25.1. The monoisotopic (exact) mass is 267 g/mol. The fourth-order valence-electron chi connectivity index (χ4n) is 3.29. The molecule has 2 aliphatic carbocycles. The largest absolute Gasteiger partial charge is 0.480 e. The molecule has 3 rings (SSSR count). The van der Waals surface area contributed by atoms with Gasteiger partial charge in [-0.3, -0.25) is 9.59 Å². The van der Waals surface area contributed by atoms with Crippen LogP contribution >= 0.6 is 0 Å². The van der Waals surface area contributed by atoms with Gasteiger partial charge in [0, 0.05) is 25.2 Å². The van der Waals surface area contributed by atoms with Gasteiger partial charge in [0.2, 0.25) is 5.91 Å².